The predicted octanol–water partition coefficient (Wildman–Crippen LogP) is 5.17. The van der Waals surface area contributed by atoms with Gasteiger partial charge < -0.3 is 0 Å². The Morgan fingerprint density at radius 3 is 1.33 bits per heavy atom. The molecule has 8 heteroatoms. The van der Waals surface area contributed by atoms with Crippen molar-refractivity contribution >= 4 is 12.2 Å². The number of aromatic nitrogens is 8. The molecule has 0 amide bonds. The SMILES string of the molecule is C=Cc1ccc(Cn2nnnc2CCCCCCCCc2nnnn2Cc2ccc(C=C)cc2)cc1. The van der Waals surface area contributed by atoms with E-state index in [1.54, 1.807) is 0 Å². The highest BCUT2D eigenvalue weighted by Crippen LogP contribution is 2.13. The lowest BCUT2D eigenvalue weighted by molar-refractivity contribution is 0.555. The Hall–Kier alpha value is -3.94. The van der Waals surface area contributed by atoms with Gasteiger partial charge >= 0.3 is 0 Å². The summed E-state index contributed by atoms with van der Waals surface area (Å²) in [7, 11) is 0. The van der Waals surface area contributed by atoms with Crippen LogP contribution in [0.2, 0.25) is 0 Å². The molecule has 36 heavy (non-hydrogen) atoms. The van der Waals surface area contributed by atoms with Crippen LogP contribution in [-0.4, -0.2) is 40.4 Å². The Labute approximate surface area is 212 Å². The van der Waals surface area contributed by atoms with Crippen LogP contribution >= 0.6 is 0 Å². The van der Waals surface area contributed by atoms with E-state index < -0.39 is 0 Å². The van der Waals surface area contributed by atoms with E-state index in [2.05, 4.69) is 92.7 Å². The smallest absolute Gasteiger partial charge is 0.151 e. The van der Waals surface area contributed by atoms with Crippen molar-refractivity contribution in [2.75, 3.05) is 0 Å². The standard InChI is InChI=1S/C28H34N8/c1-3-23-13-17-25(18-14-23)21-35-27(29-31-33-35)11-9-7-5-6-8-10-12-28-30-32-34-36(28)22-26-19-15-24(4-2)16-20-26/h3-4,13-20H,1-2,5-12,21-22H2. The van der Waals surface area contributed by atoms with E-state index in [4.69, 9.17) is 0 Å². The number of tetrazole rings is 2. The van der Waals surface area contributed by atoms with Gasteiger partial charge in [0.05, 0.1) is 13.1 Å². The van der Waals surface area contributed by atoms with Gasteiger partial charge in [0.25, 0.3) is 0 Å². The molecule has 2 aromatic heterocycles. The molecule has 0 aliphatic heterocycles. The van der Waals surface area contributed by atoms with Gasteiger partial charge in [-0.3, -0.25) is 0 Å². The van der Waals surface area contributed by atoms with Gasteiger partial charge in [-0.2, -0.15) is 0 Å². The lowest BCUT2D eigenvalue weighted by Gasteiger charge is -2.06. The third kappa shape index (κ3) is 7.28. The van der Waals surface area contributed by atoms with Crippen molar-refractivity contribution in [3.05, 3.63) is 95.6 Å². The first kappa shape index (κ1) is 25.2. The lowest BCUT2D eigenvalue weighted by atomic mass is 10.1. The van der Waals surface area contributed by atoms with Crippen molar-refractivity contribution in [1.82, 2.24) is 40.4 Å². The number of aryl methyl sites for hydroxylation is 2. The number of benzene rings is 2. The first-order valence-electron chi connectivity index (χ1n) is 12.7. The molecule has 0 aliphatic rings. The highest BCUT2D eigenvalue weighted by molar-refractivity contribution is 5.47. The Morgan fingerprint density at radius 2 is 0.944 bits per heavy atom. The van der Waals surface area contributed by atoms with Crippen LogP contribution in [0.25, 0.3) is 12.2 Å². The van der Waals surface area contributed by atoms with E-state index in [0.717, 1.165) is 48.5 Å². The average molecular weight is 483 g/mol. The molecule has 186 valence electrons. The summed E-state index contributed by atoms with van der Waals surface area (Å²) < 4.78 is 3.81. The molecule has 0 atom stereocenters. The summed E-state index contributed by atoms with van der Waals surface area (Å²) in [5.41, 5.74) is 4.60. The van der Waals surface area contributed by atoms with E-state index in [1.807, 2.05) is 21.5 Å². The van der Waals surface area contributed by atoms with E-state index >= 15 is 0 Å². The maximum atomic E-state index is 4.23. The van der Waals surface area contributed by atoms with Crippen molar-refractivity contribution in [2.24, 2.45) is 0 Å². The Bertz CT molecular complexity index is 1120. The summed E-state index contributed by atoms with van der Waals surface area (Å²) in [6.07, 6.45) is 12.5. The van der Waals surface area contributed by atoms with Gasteiger partial charge in [-0.1, -0.05) is 99.5 Å². The van der Waals surface area contributed by atoms with Crippen molar-refractivity contribution in [1.29, 1.82) is 0 Å². The number of rotatable bonds is 15. The Kier molecular flexibility index (Phi) is 9.25. The zero-order chi connectivity index (χ0) is 25.0. The fourth-order valence-corrected chi connectivity index (χ4v) is 4.19. The molecule has 0 saturated carbocycles. The molecule has 0 fully saturated rings. The molecule has 0 spiro atoms. The van der Waals surface area contributed by atoms with Crippen molar-refractivity contribution < 1.29 is 0 Å². The largest absolute Gasteiger partial charge is 0.225 e. The molecule has 2 heterocycles. The van der Waals surface area contributed by atoms with Crippen LogP contribution in [0.4, 0.5) is 0 Å². The second-order valence-corrected chi connectivity index (χ2v) is 9.02. The summed E-state index contributed by atoms with van der Waals surface area (Å²) in [5.74, 6) is 1.91. The maximum Gasteiger partial charge on any atom is 0.151 e. The second kappa shape index (κ2) is 13.2. The fourth-order valence-electron chi connectivity index (χ4n) is 4.19. The molecule has 8 nitrogen and oxygen atoms in total. The predicted molar refractivity (Wildman–Crippen MR) is 142 cm³/mol. The topological polar surface area (TPSA) is 87.2 Å². The molecule has 0 radical (unpaired) electrons. The summed E-state index contributed by atoms with van der Waals surface area (Å²) >= 11 is 0. The van der Waals surface area contributed by atoms with Crippen LogP contribution in [-0.2, 0) is 25.9 Å². The van der Waals surface area contributed by atoms with Gasteiger partial charge in [0.1, 0.15) is 0 Å². The monoisotopic (exact) mass is 482 g/mol. The molecular formula is C28H34N8. The summed E-state index contributed by atoms with van der Waals surface area (Å²) in [6, 6.07) is 16.7. The highest BCUT2D eigenvalue weighted by Gasteiger charge is 2.08. The first-order valence-corrected chi connectivity index (χ1v) is 12.7. The molecule has 4 rings (SSSR count). The minimum atomic E-state index is 0.694. The fraction of sp³-hybridized carbons (Fsp3) is 0.357. The zero-order valence-electron chi connectivity index (χ0n) is 20.8. The minimum Gasteiger partial charge on any atom is -0.225 e. The third-order valence-electron chi connectivity index (χ3n) is 6.36. The van der Waals surface area contributed by atoms with Crippen LogP contribution in [0, 0.1) is 0 Å². The Morgan fingerprint density at radius 1 is 0.556 bits per heavy atom. The molecular weight excluding hydrogens is 448 g/mol. The van der Waals surface area contributed by atoms with Crippen LogP contribution in [0.5, 0.6) is 0 Å². The summed E-state index contributed by atoms with van der Waals surface area (Å²) in [5, 5.41) is 24.6. The van der Waals surface area contributed by atoms with Gasteiger partial charge in [0, 0.05) is 12.8 Å². The molecule has 0 N–H and O–H groups in total. The van der Waals surface area contributed by atoms with Gasteiger partial charge in [0.2, 0.25) is 0 Å². The second-order valence-electron chi connectivity index (χ2n) is 9.02. The molecule has 4 aromatic rings. The first-order chi connectivity index (χ1) is 17.7. The molecule has 2 aromatic carbocycles. The highest BCUT2D eigenvalue weighted by atomic mass is 15.5. The quantitative estimate of drug-likeness (QED) is 0.217. The maximum absolute atomic E-state index is 4.23. The Balaban J connectivity index is 1.11. The van der Waals surface area contributed by atoms with Crippen molar-refractivity contribution in [3.8, 4) is 0 Å². The van der Waals surface area contributed by atoms with Gasteiger partial charge in [-0.05, 0) is 55.9 Å². The number of hydrogen-bond acceptors (Lipinski definition) is 6. The number of nitrogens with zero attached hydrogens (tertiary/aromatic N) is 8. The molecule has 0 aliphatic carbocycles. The van der Waals surface area contributed by atoms with Crippen LogP contribution < -0.4 is 0 Å². The van der Waals surface area contributed by atoms with Gasteiger partial charge in [-0.25, -0.2) is 9.36 Å². The summed E-state index contributed by atoms with van der Waals surface area (Å²) in [6.45, 7) is 8.99. The zero-order valence-corrected chi connectivity index (χ0v) is 20.8. The van der Waals surface area contributed by atoms with Gasteiger partial charge in [0.15, 0.2) is 11.6 Å². The van der Waals surface area contributed by atoms with Crippen molar-refractivity contribution in [3.63, 3.8) is 0 Å². The van der Waals surface area contributed by atoms with Crippen LogP contribution in [0.15, 0.2) is 61.7 Å². The van der Waals surface area contributed by atoms with E-state index in [-0.39, 0.29) is 0 Å². The van der Waals surface area contributed by atoms with Crippen LogP contribution in [0.3, 0.4) is 0 Å². The molecule has 0 unspecified atom stereocenters. The van der Waals surface area contributed by atoms with E-state index in [9.17, 15) is 0 Å². The lowest BCUT2D eigenvalue weighted by Crippen LogP contribution is -2.07. The minimum absolute atomic E-state index is 0.694. The number of hydrogen-bond donors (Lipinski definition) is 0. The third-order valence-corrected chi connectivity index (χ3v) is 6.36. The summed E-state index contributed by atoms with van der Waals surface area (Å²) in [4.78, 5) is 0. The van der Waals surface area contributed by atoms with Crippen molar-refractivity contribution in [2.45, 2.75) is 64.5 Å². The van der Waals surface area contributed by atoms with Gasteiger partial charge in [-0.15, -0.1) is 10.2 Å². The van der Waals surface area contributed by atoms with E-state index in [0.29, 0.717) is 13.1 Å². The van der Waals surface area contributed by atoms with Crippen LogP contribution in [0.1, 0.15) is 72.4 Å². The normalized spacial score (nSPS) is 11.0. The average Bonchev–Trinajstić information content (AvgIpc) is 3.55. The number of unbranched alkanes of at least 4 members (excludes halogenated alkanes) is 5. The van der Waals surface area contributed by atoms with E-state index in [1.165, 1.54) is 36.8 Å². The molecule has 0 bridgehead atoms. The molecule has 0 saturated heterocycles.